The highest BCUT2D eigenvalue weighted by atomic mass is 19.4. The van der Waals surface area contributed by atoms with E-state index in [0.29, 0.717) is 17.8 Å². The van der Waals surface area contributed by atoms with Crippen LogP contribution in [0.25, 0.3) is 0 Å². The number of methoxy groups -OCH3 is 1. The Morgan fingerprint density at radius 2 is 1.94 bits per heavy atom. The normalized spacial score (nSPS) is 25.1. The fourth-order valence-electron chi connectivity index (χ4n) is 4.10. The molecule has 1 aliphatic heterocycles. The molecule has 0 radical (unpaired) electrons. The summed E-state index contributed by atoms with van der Waals surface area (Å²) >= 11 is 0. The standard InChI is InChI=1S/C24H34F3N3O4/c1-15-12-30(10-9-24(25,26)27)16(2)14-34-20-11-18(28-22(31)17-5-6-17)7-8-19(20)23(32)29(3)13-21(15)33-4/h7-8,11,15-17,21H,5-6,9-10,12-14H2,1-4H3,(H,28,31)/t15-,16+,21+/m1/s1. The van der Waals surface area contributed by atoms with Crippen molar-refractivity contribution in [1.29, 1.82) is 0 Å². The summed E-state index contributed by atoms with van der Waals surface area (Å²) in [6.45, 7) is 4.29. The smallest absolute Gasteiger partial charge is 0.390 e. The van der Waals surface area contributed by atoms with Gasteiger partial charge in [0.2, 0.25) is 5.91 Å². The topological polar surface area (TPSA) is 71.1 Å². The summed E-state index contributed by atoms with van der Waals surface area (Å²) in [7, 11) is 3.20. The molecule has 0 saturated heterocycles. The summed E-state index contributed by atoms with van der Waals surface area (Å²) in [5.74, 6) is -0.137. The Kier molecular flexibility index (Phi) is 8.46. The fourth-order valence-corrected chi connectivity index (χ4v) is 4.10. The lowest BCUT2D eigenvalue weighted by molar-refractivity contribution is -0.140. The van der Waals surface area contributed by atoms with E-state index in [2.05, 4.69) is 5.32 Å². The summed E-state index contributed by atoms with van der Waals surface area (Å²) in [5, 5.41) is 2.85. The van der Waals surface area contributed by atoms with Crippen LogP contribution in [-0.2, 0) is 9.53 Å². The fraction of sp³-hybridized carbons (Fsp3) is 0.667. The van der Waals surface area contributed by atoms with Crippen molar-refractivity contribution in [3.05, 3.63) is 23.8 Å². The first-order chi connectivity index (χ1) is 16.0. The van der Waals surface area contributed by atoms with Gasteiger partial charge in [0.05, 0.1) is 18.1 Å². The lowest BCUT2D eigenvalue weighted by Gasteiger charge is -2.36. The van der Waals surface area contributed by atoms with E-state index in [1.54, 1.807) is 37.3 Å². The van der Waals surface area contributed by atoms with E-state index in [-0.39, 0.29) is 61.2 Å². The van der Waals surface area contributed by atoms with Gasteiger partial charge in [0.15, 0.2) is 0 Å². The molecular formula is C24H34F3N3O4. The quantitative estimate of drug-likeness (QED) is 0.687. The van der Waals surface area contributed by atoms with Gasteiger partial charge in [-0.25, -0.2) is 0 Å². The minimum absolute atomic E-state index is 0.0184. The predicted octanol–water partition coefficient (Wildman–Crippen LogP) is 3.79. The maximum absolute atomic E-state index is 13.2. The maximum Gasteiger partial charge on any atom is 0.390 e. The number of amides is 2. The van der Waals surface area contributed by atoms with Gasteiger partial charge in [-0.05, 0) is 37.8 Å². The van der Waals surface area contributed by atoms with Crippen LogP contribution in [0.3, 0.4) is 0 Å². The number of rotatable bonds is 5. The highest BCUT2D eigenvalue weighted by Crippen LogP contribution is 2.32. The molecule has 190 valence electrons. The molecule has 1 heterocycles. The van der Waals surface area contributed by atoms with Crippen LogP contribution < -0.4 is 10.1 Å². The zero-order valence-corrected chi connectivity index (χ0v) is 20.2. The molecule has 1 N–H and O–H groups in total. The highest BCUT2D eigenvalue weighted by Gasteiger charge is 2.33. The number of benzene rings is 1. The third-order valence-electron chi connectivity index (χ3n) is 6.47. The number of likely N-dealkylation sites (N-methyl/N-ethyl adjacent to an activating group) is 1. The van der Waals surface area contributed by atoms with Crippen LogP contribution in [0.2, 0.25) is 0 Å². The van der Waals surface area contributed by atoms with Crippen molar-refractivity contribution < 1.29 is 32.2 Å². The van der Waals surface area contributed by atoms with Gasteiger partial charge < -0.3 is 19.7 Å². The van der Waals surface area contributed by atoms with Gasteiger partial charge in [0, 0.05) is 57.5 Å². The predicted molar refractivity (Wildman–Crippen MR) is 122 cm³/mol. The number of hydrogen-bond donors (Lipinski definition) is 1. The van der Waals surface area contributed by atoms with E-state index in [4.69, 9.17) is 9.47 Å². The number of carbonyl (C=O) groups is 2. The van der Waals surface area contributed by atoms with Crippen LogP contribution >= 0.6 is 0 Å². The molecule has 1 fully saturated rings. The van der Waals surface area contributed by atoms with Crippen LogP contribution in [-0.4, -0.2) is 80.3 Å². The van der Waals surface area contributed by atoms with Crippen molar-refractivity contribution in [1.82, 2.24) is 9.80 Å². The van der Waals surface area contributed by atoms with Crippen LogP contribution in [0.5, 0.6) is 5.75 Å². The molecule has 0 unspecified atom stereocenters. The van der Waals surface area contributed by atoms with E-state index in [9.17, 15) is 22.8 Å². The second-order valence-corrected chi connectivity index (χ2v) is 9.43. The summed E-state index contributed by atoms with van der Waals surface area (Å²) < 4.78 is 50.5. The van der Waals surface area contributed by atoms with Gasteiger partial charge in [0.25, 0.3) is 5.91 Å². The third kappa shape index (κ3) is 7.09. The van der Waals surface area contributed by atoms with Crippen LogP contribution in [0.15, 0.2) is 18.2 Å². The molecule has 3 atom stereocenters. The second-order valence-electron chi connectivity index (χ2n) is 9.43. The molecule has 2 aliphatic rings. The van der Waals surface area contributed by atoms with Crippen molar-refractivity contribution in [3.8, 4) is 5.75 Å². The number of nitrogens with one attached hydrogen (secondary N) is 1. The molecule has 1 aliphatic carbocycles. The van der Waals surface area contributed by atoms with Crippen molar-refractivity contribution in [2.24, 2.45) is 11.8 Å². The summed E-state index contributed by atoms with van der Waals surface area (Å²) in [6.07, 6.45) is -3.81. The Balaban J connectivity index is 1.88. The average molecular weight is 486 g/mol. The Morgan fingerprint density at radius 3 is 2.56 bits per heavy atom. The number of alkyl halides is 3. The van der Waals surface area contributed by atoms with E-state index in [1.807, 2.05) is 13.8 Å². The SMILES string of the molecule is CO[C@H]1CN(C)C(=O)c2ccc(NC(=O)C3CC3)cc2OC[C@H](C)N(CCC(F)(F)F)C[C@H]1C. The summed E-state index contributed by atoms with van der Waals surface area (Å²) in [4.78, 5) is 28.7. The monoisotopic (exact) mass is 485 g/mol. The molecule has 10 heteroatoms. The molecule has 0 bridgehead atoms. The Labute approximate surface area is 198 Å². The number of fused-ring (bicyclic) bond motifs is 1. The molecule has 0 spiro atoms. The second kappa shape index (κ2) is 10.9. The third-order valence-corrected chi connectivity index (χ3v) is 6.47. The Morgan fingerprint density at radius 1 is 1.24 bits per heavy atom. The van der Waals surface area contributed by atoms with Gasteiger partial charge in [0.1, 0.15) is 12.4 Å². The van der Waals surface area contributed by atoms with Crippen molar-refractivity contribution in [2.75, 3.05) is 45.7 Å². The lowest BCUT2D eigenvalue weighted by Crippen LogP contribution is -2.47. The molecule has 1 aromatic carbocycles. The first-order valence-corrected chi connectivity index (χ1v) is 11.6. The molecule has 34 heavy (non-hydrogen) atoms. The zero-order valence-electron chi connectivity index (χ0n) is 20.2. The largest absolute Gasteiger partial charge is 0.491 e. The lowest BCUT2D eigenvalue weighted by atomic mass is 10.0. The number of halogens is 3. The van der Waals surface area contributed by atoms with Crippen molar-refractivity contribution >= 4 is 17.5 Å². The van der Waals surface area contributed by atoms with Gasteiger partial charge in [-0.15, -0.1) is 0 Å². The zero-order chi connectivity index (χ0) is 25.0. The Hall–Kier alpha value is -2.33. The minimum Gasteiger partial charge on any atom is -0.491 e. The summed E-state index contributed by atoms with van der Waals surface area (Å²) in [5.41, 5.74) is 0.840. The van der Waals surface area contributed by atoms with Crippen molar-refractivity contribution in [3.63, 3.8) is 0 Å². The minimum atomic E-state index is -4.26. The number of anilines is 1. The molecule has 7 nitrogen and oxygen atoms in total. The average Bonchev–Trinajstić information content (AvgIpc) is 3.62. The summed E-state index contributed by atoms with van der Waals surface area (Å²) in [6, 6.07) is 4.54. The van der Waals surface area contributed by atoms with Gasteiger partial charge in [-0.3, -0.25) is 14.5 Å². The Bertz CT molecular complexity index is 876. The molecular weight excluding hydrogens is 451 g/mol. The molecule has 1 aromatic rings. The molecule has 3 rings (SSSR count). The molecule has 2 amide bonds. The number of nitrogens with zero attached hydrogens (tertiary/aromatic N) is 2. The number of hydrogen-bond acceptors (Lipinski definition) is 5. The number of ether oxygens (including phenoxy) is 2. The maximum atomic E-state index is 13.2. The highest BCUT2D eigenvalue weighted by molar-refractivity contribution is 5.99. The first-order valence-electron chi connectivity index (χ1n) is 11.6. The van der Waals surface area contributed by atoms with E-state index >= 15 is 0 Å². The van der Waals surface area contributed by atoms with E-state index in [0.717, 1.165) is 12.8 Å². The van der Waals surface area contributed by atoms with Gasteiger partial charge >= 0.3 is 6.18 Å². The van der Waals surface area contributed by atoms with Crippen LogP contribution in [0.1, 0.15) is 43.5 Å². The van der Waals surface area contributed by atoms with E-state index < -0.39 is 12.6 Å². The van der Waals surface area contributed by atoms with Crippen LogP contribution in [0.4, 0.5) is 18.9 Å². The number of carbonyl (C=O) groups excluding carboxylic acids is 2. The molecule has 0 aromatic heterocycles. The van der Waals surface area contributed by atoms with E-state index in [1.165, 1.54) is 4.90 Å². The van der Waals surface area contributed by atoms with Crippen LogP contribution in [0, 0.1) is 11.8 Å². The van der Waals surface area contributed by atoms with Crippen molar-refractivity contribution in [2.45, 2.75) is 51.4 Å². The first kappa shape index (κ1) is 26.3. The molecule has 1 saturated carbocycles. The van der Waals surface area contributed by atoms with Gasteiger partial charge in [-0.1, -0.05) is 6.92 Å². The van der Waals surface area contributed by atoms with Gasteiger partial charge in [-0.2, -0.15) is 13.2 Å².